The van der Waals surface area contributed by atoms with Crippen molar-refractivity contribution in [2.24, 2.45) is 0 Å². The van der Waals surface area contributed by atoms with E-state index in [0.29, 0.717) is 11.6 Å². The van der Waals surface area contributed by atoms with Gasteiger partial charge in [-0.15, -0.1) is 0 Å². The van der Waals surface area contributed by atoms with Gasteiger partial charge in [0.25, 0.3) is 0 Å². The van der Waals surface area contributed by atoms with Crippen LogP contribution in [-0.2, 0) is 4.74 Å². The van der Waals surface area contributed by atoms with Crippen LogP contribution >= 0.6 is 11.9 Å². The van der Waals surface area contributed by atoms with Gasteiger partial charge < -0.3 is 10.1 Å². The third kappa shape index (κ3) is 5.20. The summed E-state index contributed by atoms with van der Waals surface area (Å²) in [6.07, 6.45) is 2.96. The molecule has 6 nitrogen and oxygen atoms in total. The zero-order chi connectivity index (χ0) is 16.2. The maximum absolute atomic E-state index is 11.6. The van der Waals surface area contributed by atoms with Crippen LogP contribution in [0, 0.1) is 11.3 Å². The van der Waals surface area contributed by atoms with E-state index in [1.165, 1.54) is 11.9 Å². The van der Waals surface area contributed by atoms with Crippen molar-refractivity contribution in [3.63, 3.8) is 0 Å². The van der Waals surface area contributed by atoms with E-state index >= 15 is 0 Å². The van der Waals surface area contributed by atoms with E-state index in [9.17, 15) is 4.79 Å². The van der Waals surface area contributed by atoms with Crippen molar-refractivity contribution in [2.75, 3.05) is 0 Å². The number of rotatable bonds is 4. The molecular weight excluding hydrogens is 300 g/mol. The van der Waals surface area contributed by atoms with Crippen LogP contribution in [-0.4, -0.2) is 28.8 Å². The molecule has 1 aromatic heterocycles. The topological polar surface area (TPSA) is 87.0 Å². The van der Waals surface area contributed by atoms with Crippen molar-refractivity contribution in [1.82, 2.24) is 15.0 Å². The first-order valence-electron chi connectivity index (χ1n) is 7.14. The number of nitriles is 1. The largest absolute Gasteiger partial charge is 0.444 e. The Balaban J connectivity index is 1.67. The smallest absolute Gasteiger partial charge is 0.407 e. The van der Waals surface area contributed by atoms with Gasteiger partial charge in [0.2, 0.25) is 0 Å². The molecule has 0 aliphatic heterocycles. The highest BCUT2D eigenvalue weighted by atomic mass is 32.2. The van der Waals surface area contributed by atoms with Crippen molar-refractivity contribution >= 4 is 18.0 Å². The third-order valence-electron chi connectivity index (χ3n) is 3.05. The van der Waals surface area contributed by atoms with Crippen LogP contribution < -0.4 is 10.0 Å². The van der Waals surface area contributed by atoms with E-state index in [1.807, 2.05) is 20.8 Å². The van der Waals surface area contributed by atoms with Crippen molar-refractivity contribution < 1.29 is 9.53 Å². The molecule has 1 aliphatic carbocycles. The number of amides is 1. The molecule has 0 aromatic carbocycles. The van der Waals surface area contributed by atoms with E-state index in [4.69, 9.17) is 10.00 Å². The van der Waals surface area contributed by atoms with Gasteiger partial charge in [0.05, 0.1) is 11.6 Å². The van der Waals surface area contributed by atoms with Gasteiger partial charge in [0.1, 0.15) is 10.6 Å². The van der Waals surface area contributed by atoms with Crippen LogP contribution in [0.15, 0.2) is 23.4 Å². The lowest BCUT2D eigenvalue weighted by Crippen LogP contribution is -2.51. The molecule has 2 N–H and O–H groups in total. The van der Waals surface area contributed by atoms with Crippen LogP contribution in [0.2, 0.25) is 0 Å². The summed E-state index contributed by atoms with van der Waals surface area (Å²) in [5, 5.41) is 12.5. The van der Waals surface area contributed by atoms with Gasteiger partial charge >= 0.3 is 6.09 Å². The Hall–Kier alpha value is -1.78. The summed E-state index contributed by atoms with van der Waals surface area (Å²) >= 11 is 1.41. The molecule has 1 aliphatic rings. The second-order valence-electron chi connectivity index (χ2n) is 6.23. The molecule has 0 atom stereocenters. The van der Waals surface area contributed by atoms with Crippen LogP contribution in [0.1, 0.15) is 39.2 Å². The summed E-state index contributed by atoms with van der Waals surface area (Å²) < 4.78 is 8.51. The SMILES string of the molecule is CC(C)(C)OC(=O)N[C@H]1C[C@@H](NSc2cc(C#N)ccn2)C1. The van der Waals surface area contributed by atoms with E-state index in [1.54, 1.807) is 18.3 Å². The minimum Gasteiger partial charge on any atom is -0.444 e. The fourth-order valence-corrected chi connectivity index (χ4v) is 2.76. The van der Waals surface area contributed by atoms with E-state index in [-0.39, 0.29) is 12.1 Å². The van der Waals surface area contributed by atoms with Gasteiger partial charge in [-0.25, -0.2) is 9.78 Å². The quantitative estimate of drug-likeness (QED) is 0.829. The lowest BCUT2D eigenvalue weighted by molar-refractivity contribution is 0.0470. The standard InChI is InChI=1S/C15H20N4O2S/c1-15(2,3)21-14(20)18-11-7-12(8-11)19-22-13-6-10(9-16)4-5-17-13/h4-6,11-12,19H,7-8H2,1-3H3,(H,18,20)/t11-,12+. The van der Waals surface area contributed by atoms with Crippen molar-refractivity contribution in [1.29, 1.82) is 5.26 Å². The molecule has 1 heterocycles. The minimum atomic E-state index is -0.473. The molecule has 1 aromatic rings. The van der Waals surface area contributed by atoms with Crippen molar-refractivity contribution in [3.8, 4) is 6.07 Å². The van der Waals surface area contributed by atoms with Gasteiger partial charge in [0, 0.05) is 18.3 Å². The second-order valence-corrected chi connectivity index (χ2v) is 7.08. The minimum absolute atomic E-state index is 0.145. The Bertz CT molecular complexity index is 574. The summed E-state index contributed by atoms with van der Waals surface area (Å²) in [7, 11) is 0. The normalized spacial score (nSPS) is 20.6. The molecular formula is C15H20N4O2S. The molecule has 0 radical (unpaired) electrons. The maximum atomic E-state index is 11.6. The highest BCUT2D eigenvalue weighted by Gasteiger charge is 2.31. The highest BCUT2D eigenvalue weighted by molar-refractivity contribution is 7.97. The van der Waals surface area contributed by atoms with Gasteiger partial charge in [-0.1, -0.05) is 0 Å². The number of nitrogens with zero attached hydrogens (tertiary/aromatic N) is 2. The summed E-state index contributed by atoms with van der Waals surface area (Å²) in [6, 6.07) is 5.97. The lowest BCUT2D eigenvalue weighted by atomic mass is 9.88. The van der Waals surface area contributed by atoms with E-state index < -0.39 is 5.60 Å². The number of pyridine rings is 1. The van der Waals surface area contributed by atoms with Gasteiger partial charge in [-0.05, 0) is 57.7 Å². The first-order chi connectivity index (χ1) is 10.4. The summed E-state index contributed by atoms with van der Waals surface area (Å²) in [5.74, 6) is 0. The number of ether oxygens (including phenoxy) is 1. The monoisotopic (exact) mass is 320 g/mol. The molecule has 118 valence electrons. The first-order valence-corrected chi connectivity index (χ1v) is 7.95. The summed E-state index contributed by atoms with van der Waals surface area (Å²) in [6.45, 7) is 5.53. The number of hydrogen-bond acceptors (Lipinski definition) is 6. The zero-order valence-electron chi connectivity index (χ0n) is 12.9. The molecule has 7 heteroatoms. The fraction of sp³-hybridized carbons (Fsp3) is 0.533. The van der Waals surface area contributed by atoms with Crippen molar-refractivity contribution in [3.05, 3.63) is 23.9 Å². The molecule has 1 amide bonds. The molecule has 0 saturated heterocycles. The Morgan fingerprint density at radius 1 is 1.45 bits per heavy atom. The molecule has 2 rings (SSSR count). The Morgan fingerprint density at radius 3 is 2.82 bits per heavy atom. The Labute approximate surface area is 134 Å². The summed E-state index contributed by atoms with van der Waals surface area (Å²) in [4.78, 5) is 15.8. The van der Waals surface area contributed by atoms with Crippen LogP contribution in [0.3, 0.4) is 0 Å². The van der Waals surface area contributed by atoms with Gasteiger partial charge in [-0.2, -0.15) is 5.26 Å². The van der Waals surface area contributed by atoms with Crippen LogP contribution in [0.4, 0.5) is 4.79 Å². The molecule has 0 unspecified atom stereocenters. The van der Waals surface area contributed by atoms with Gasteiger partial charge in [-0.3, -0.25) is 4.72 Å². The fourth-order valence-electron chi connectivity index (χ4n) is 1.98. The number of hydrogen-bond donors (Lipinski definition) is 2. The average Bonchev–Trinajstić information content (AvgIpc) is 2.39. The van der Waals surface area contributed by atoms with Crippen molar-refractivity contribution in [2.45, 2.75) is 56.3 Å². The number of carbonyl (C=O) groups excluding carboxylic acids is 1. The van der Waals surface area contributed by atoms with E-state index in [0.717, 1.165) is 17.9 Å². The van der Waals surface area contributed by atoms with Crippen LogP contribution in [0.5, 0.6) is 0 Å². The Kier molecular flexibility index (Phi) is 5.27. The molecule has 0 spiro atoms. The predicted molar refractivity (Wildman–Crippen MR) is 84.1 cm³/mol. The zero-order valence-corrected chi connectivity index (χ0v) is 13.7. The lowest BCUT2D eigenvalue weighted by Gasteiger charge is -2.36. The number of alkyl carbamates (subject to hydrolysis) is 1. The molecule has 22 heavy (non-hydrogen) atoms. The molecule has 1 saturated carbocycles. The highest BCUT2D eigenvalue weighted by Crippen LogP contribution is 2.24. The summed E-state index contributed by atoms with van der Waals surface area (Å²) in [5.41, 5.74) is 0.121. The maximum Gasteiger partial charge on any atom is 0.407 e. The number of aromatic nitrogens is 1. The van der Waals surface area contributed by atoms with Crippen LogP contribution in [0.25, 0.3) is 0 Å². The third-order valence-corrected chi connectivity index (χ3v) is 3.94. The Morgan fingerprint density at radius 2 is 2.18 bits per heavy atom. The average molecular weight is 320 g/mol. The number of carbonyl (C=O) groups is 1. The second kappa shape index (κ2) is 6.99. The molecule has 0 bridgehead atoms. The van der Waals surface area contributed by atoms with E-state index in [2.05, 4.69) is 21.1 Å². The first kappa shape index (κ1) is 16.6. The number of nitrogens with one attached hydrogen (secondary N) is 2. The predicted octanol–water partition coefficient (Wildman–Crippen LogP) is 2.61. The molecule has 1 fully saturated rings. The van der Waals surface area contributed by atoms with Gasteiger partial charge in [0.15, 0.2) is 0 Å².